The lowest BCUT2D eigenvalue weighted by molar-refractivity contribution is -0.128. The number of Topliss-reactive ketones (excluding diaryl/α,β-unsaturated/α-hetero) is 1. The number of ketones is 1. The molecule has 2 rings (SSSR count). The molecule has 4 nitrogen and oxygen atoms in total. The summed E-state index contributed by atoms with van der Waals surface area (Å²) in [4.78, 5) is 26.3. The average Bonchev–Trinajstić information content (AvgIpc) is 2.56. The number of nitrogens with zero attached hydrogens (tertiary/aromatic N) is 2. The van der Waals surface area contributed by atoms with Gasteiger partial charge in [-0.25, -0.2) is 0 Å². The monoisotopic (exact) mass is 208 g/mol. The van der Waals surface area contributed by atoms with Gasteiger partial charge in [0, 0.05) is 26.2 Å². The summed E-state index contributed by atoms with van der Waals surface area (Å²) in [6.45, 7) is 3.92. The van der Waals surface area contributed by atoms with Crippen LogP contribution in [-0.2, 0) is 9.59 Å². The Bertz CT molecular complexity index is 299. The highest BCUT2D eigenvalue weighted by atomic mass is 16.2. The third kappa shape index (κ3) is 2.65. The largest absolute Gasteiger partial charge is 0.334 e. The Morgan fingerprint density at radius 1 is 1.20 bits per heavy atom. The van der Waals surface area contributed by atoms with Crippen LogP contribution in [0.4, 0.5) is 0 Å². The summed E-state index contributed by atoms with van der Waals surface area (Å²) in [5.74, 6) is 0.0473. The molecule has 82 valence electrons. The minimum absolute atomic E-state index is 0.00690. The van der Waals surface area contributed by atoms with Crippen molar-refractivity contribution in [3.63, 3.8) is 0 Å². The van der Waals surface area contributed by atoms with Gasteiger partial charge in [0.25, 0.3) is 0 Å². The first-order valence-corrected chi connectivity index (χ1v) is 5.42. The van der Waals surface area contributed by atoms with E-state index in [9.17, 15) is 9.59 Å². The zero-order chi connectivity index (χ0) is 10.7. The smallest absolute Gasteiger partial charge is 0.230 e. The molecule has 0 aromatic heterocycles. The molecule has 0 spiro atoms. The van der Waals surface area contributed by atoms with Crippen LogP contribution in [0, 0.1) is 0 Å². The van der Waals surface area contributed by atoms with Gasteiger partial charge >= 0.3 is 0 Å². The number of likely N-dealkylation sites (tertiary alicyclic amines) is 1. The van der Waals surface area contributed by atoms with Crippen molar-refractivity contribution in [1.29, 1.82) is 0 Å². The van der Waals surface area contributed by atoms with E-state index in [1.54, 1.807) is 4.90 Å². The van der Waals surface area contributed by atoms with E-state index in [0.717, 1.165) is 26.1 Å². The number of carbonyl (C=O) groups is 2. The van der Waals surface area contributed by atoms with Crippen molar-refractivity contribution < 1.29 is 9.59 Å². The van der Waals surface area contributed by atoms with Gasteiger partial charge in [-0.15, -0.1) is 0 Å². The second kappa shape index (κ2) is 4.57. The molecule has 0 bridgehead atoms. The van der Waals surface area contributed by atoms with E-state index in [0.29, 0.717) is 13.1 Å². The van der Waals surface area contributed by atoms with E-state index in [4.69, 9.17) is 0 Å². The van der Waals surface area contributed by atoms with Crippen LogP contribution in [0.3, 0.4) is 0 Å². The number of hydrogen-bond donors (Lipinski definition) is 0. The van der Waals surface area contributed by atoms with Crippen molar-refractivity contribution in [3.05, 3.63) is 12.2 Å². The molecule has 1 saturated heterocycles. The lowest BCUT2D eigenvalue weighted by Crippen LogP contribution is -2.37. The molecule has 2 aliphatic heterocycles. The van der Waals surface area contributed by atoms with Crippen molar-refractivity contribution in [2.24, 2.45) is 0 Å². The third-order valence-electron chi connectivity index (χ3n) is 2.90. The van der Waals surface area contributed by atoms with Crippen LogP contribution < -0.4 is 0 Å². The van der Waals surface area contributed by atoms with Crippen LogP contribution >= 0.6 is 0 Å². The molecule has 0 aromatic rings. The molecule has 1 amide bonds. The summed E-state index contributed by atoms with van der Waals surface area (Å²) in [6.07, 6.45) is 5.54. The van der Waals surface area contributed by atoms with Gasteiger partial charge < -0.3 is 4.90 Å². The SMILES string of the molecule is O=C1CC(=O)N(CCN2CC=CCC2)C1. The molecule has 2 aliphatic rings. The van der Waals surface area contributed by atoms with Gasteiger partial charge in [0.05, 0.1) is 13.0 Å². The average molecular weight is 208 g/mol. The Kier molecular flexibility index (Phi) is 3.16. The van der Waals surface area contributed by atoms with Gasteiger partial charge in [-0.3, -0.25) is 14.5 Å². The summed E-state index contributed by atoms with van der Waals surface area (Å²) in [5.41, 5.74) is 0. The van der Waals surface area contributed by atoms with Crippen LogP contribution in [0.2, 0.25) is 0 Å². The maximum atomic E-state index is 11.3. The normalized spacial score (nSPS) is 22.8. The Morgan fingerprint density at radius 3 is 2.67 bits per heavy atom. The number of carbonyl (C=O) groups excluding carboxylic acids is 2. The Labute approximate surface area is 89.5 Å². The van der Waals surface area contributed by atoms with E-state index < -0.39 is 0 Å². The van der Waals surface area contributed by atoms with Gasteiger partial charge in [-0.2, -0.15) is 0 Å². The fourth-order valence-electron chi connectivity index (χ4n) is 2.00. The molecule has 0 saturated carbocycles. The third-order valence-corrected chi connectivity index (χ3v) is 2.90. The molecule has 0 unspecified atom stereocenters. The van der Waals surface area contributed by atoms with Gasteiger partial charge in [-0.1, -0.05) is 12.2 Å². The maximum absolute atomic E-state index is 11.3. The summed E-state index contributed by atoms with van der Waals surface area (Å²) >= 11 is 0. The molecule has 0 aliphatic carbocycles. The number of amides is 1. The van der Waals surface area contributed by atoms with E-state index in [-0.39, 0.29) is 18.1 Å². The summed E-state index contributed by atoms with van der Waals surface area (Å²) in [6, 6.07) is 0. The van der Waals surface area contributed by atoms with E-state index in [2.05, 4.69) is 17.1 Å². The van der Waals surface area contributed by atoms with Crippen LogP contribution in [-0.4, -0.2) is 54.2 Å². The van der Waals surface area contributed by atoms with Gasteiger partial charge in [0.1, 0.15) is 0 Å². The molecule has 0 atom stereocenters. The van der Waals surface area contributed by atoms with Gasteiger partial charge in [0.15, 0.2) is 5.78 Å². The van der Waals surface area contributed by atoms with Crippen molar-refractivity contribution in [2.45, 2.75) is 12.8 Å². The molecule has 2 heterocycles. The second-order valence-electron chi connectivity index (χ2n) is 4.09. The molecule has 15 heavy (non-hydrogen) atoms. The van der Waals surface area contributed by atoms with Crippen molar-refractivity contribution >= 4 is 11.7 Å². The topological polar surface area (TPSA) is 40.6 Å². The van der Waals surface area contributed by atoms with E-state index in [1.807, 2.05) is 0 Å². The first-order chi connectivity index (χ1) is 7.25. The van der Waals surface area contributed by atoms with E-state index in [1.165, 1.54) is 0 Å². The standard InChI is InChI=1S/C11H16N2O2/c14-10-8-11(15)13(9-10)7-6-12-4-2-1-3-5-12/h1-2H,3-9H2. The van der Waals surface area contributed by atoms with Crippen LogP contribution in [0.15, 0.2) is 12.2 Å². The lowest BCUT2D eigenvalue weighted by Gasteiger charge is -2.25. The van der Waals surface area contributed by atoms with Crippen molar-refractivity contribution in [3.8, 4) is 0 Å². The molecule has 0 N–H and O–H groups in total. The summed E-state index contributed by atoms with van der Waals surface area (Å²) < 4.78 is 0. The molecule has 4 heteroatoms. The lowest BCUT2D eigenvalue weighted by atomic mass is 10.2. The molecular formula is C11H16N2O2. The quantitative estimate of drug-likeness (QED) is 0.486. The Balaban J connectivity index is 1.75. The first-order valence-electron chi connectivity index (χ1n) is 5.42. The molecular weight excluding hydrogens is 192 g/mol. The zero-order valence-electron chi connectivity index (χ0n) is 8.82. The van der Waals surface area contributed by atoms with E-state index >= 15 is 0 Å². The predicted octanol–water partition coefficient (Wildman–Crippen LogP) is 0.0497. The molecule has 0 radical (unpaired) electrons. The van der Waals surface area contributed by atoms with Crippen LogP contribution in [0.1, 0.15) is 12.8 Å². The van der Waals surface area contributed by atoms with Crippen molar-refractivity contribution in [1.82, 2.24) is 9.80 Å². The Morgan fingerprint density at radius 2 is 2.07 bits per heavy atom. The van der Waals surface area contributed by atoms with Crippen LogP contribution in [0.25, 0.3) is 0 Å². The molecule has 1 fully saturated rings. The number of hydrogen-bond acceptors (Lipinski definition) is 3. The second-order valence-corrected chi connectivity index (χ2v) is 4.09. The van der Waals surface area contributed by atoms with Crippen LogP contribution in [0.5, 0.6) is 0 Å². The summed E-state index contributed by atoms with van der Waals surface area (Å²) in [5, 5.41) is 0. The van der Waals surface area contributed by atoms with Gasteiger partial charge in [0.2, 0.25) is 5.91 Å². The highest BCUT2D eigenvalue weighted by Gasteiger charge is 2.27. The minimum atomic E-state index is -0.00690. The minimum Gasteiger partial charge on any atom is -0.334 e. The highest BCUT2D eigenvalue weighted by molar-refractivity contribution is 6.05. The fourth-order valence-corrected chi connectivity index (χ4v) is 2.00. The molecule has 0 aromatic carbocycles. The van der Waals surface area contributed by atoms with Gasteiger partial charge in [-0.05, 0) is 6.42 Å². The predicted molar refractivity (Wildman–Crippen MR) is 56.4 cm³/mol. The highest BCUT2D eigenvalue weighted by Crippen LogP contribution is 2.07. The summed E-state index contributed by atoms with van der Waals surface area (Å²) in [7, 11) is 0. The number of rotatable bonds is 3. The Hall–Kier alpha value is -1.16. The fraction of sp³-hybridized carbons (Fsp3) is 0.636. The zero-order valence-corrected chi connectivity index (χ0v) is 8.82. The maximum Gasteiger partial charge on any atom is 0.230 e. The first kappa shape index (κ1) is 10.4. The van der Waals surface area contributed by atoms with Crippen molar-refractivity contribution in [2.75, 3.05) is 32.7 Å².